The number of hydrogen-bond acceptors (Lipinski definition) is 4. The Morgan fingerprint density at radius 2 is 2.22 bits per heavy atom. The average Bonchev–Trinajstić information content (AvgIpc) is 3.04. The van der Waals surface area contributed by atoms with E-state index in [2.05, 4.69) is 16.9 Å². The minimum atomic E-state index is 0.146. The quantitative estimate of drug-likeness (QED) is 0.707. The maximum absolute atomic E-state index is 11.4. The molecule has 100 valence electrons. The number of carbonyl (C=O) groups excluding carboxylic acids is 1. The van der Waals surface area contributed by atoms with Crippen LogP contribution in [0.15, 0.2) is 16.5 Å². The van der Waals surface area contributed by atoms with Crippen molar-refractivity contribution in [3.05, 3.63) is 23.7 Å². The van der Waals surface area contributed by atoms with Gasteiger partial charge in [-0.25, -0.2) is 0 Å². The van der Waals surface area contributed by atoms with Gasteiger partial charge in [0.15, 0.2) is 0 Å². The predicted molar refractivity (Wildman–Crippen MR) is 73.4 cm³/mol. The molecular weight excluding hydrogens is 248 g/mol. The lowest BCUT2D eigenvalue weighted by Crippen LogP contribution is -2.28. The molecule has 0 saturated heterocycles. The van der Waals surface area contributed by atoms with Crippen molar-refractivity contribution in [2.24, 2.45) is 0 Å². The van der Waals surface area contributed by atoms with Gasteiger partial charge in [-0.15, -0.1) is 0 Å². The summed E-state index contributed by atoms with van der Waals surface area (Å²) in [4.78, 5) is 11.4. The fraction of sp³-hybridized carbons (Fsp3) is 0.615. The van der Waals surface area contributed by atoms with E-state index in [9.17, 15) is 4.79 Å². The van der Waals surface area contributed by atoms with E-state index in [-0.39, 0.29) is 5.91 Å². The summed E-state index contributed by atoms with van der Waals surface area (Å²) in [7, 11) is 0. The summed E-state index contributed by atoms with van der Waals surface area (Å²) in [5.74, 6) is 2.99. The molecule has 5 heteroatoms. The van der Waals surface area contributed by atoms with Gasteiger partial charge in [0, 0.05) is 19.0 Å². The smallest absolute Gasteiger partial charge is 0.221 e. The van der Waals surface area contributed by atoms with E-state index in [4.69, 9.17) is 4.42 Å². The van der Waals surface area contributed by atoms with Gasteiger partial charge in [-0.05, 0) is 31.2 Å². The average molecular weight is 268 g/mol. The maximum Gasteiger partial charge on any atom is 0.221 e. The molecule has 1 amide bonds. The molecule has 1 aliphatic rings. The van der Waals surface area contributed by atoms with E-state index in [1.807, 2.05) is 12.1 Å². The van der Waals surface area contributed by atoms with Gasteiger partial charge in [0.2, 0.25) is 5.91 Å². The Hall–Kier alpha value is -0.940. The molecule has 2 N–H and O–H groups in total. The van der Waals surface area contributed by atoms with Gasteiger partial charge in [-0.1, -0.05) is 0 Å². The third kappa shape index (κ3) is 4.74. The van der Waals surface area contributed by atoms with Crippen LogP contribution in [0.1, 0.15) is 30.8 Å². The second kappa shape index (κ2) is 6.85. The van der Waals surface area contributed by atoms with Crippen LogP contribution in [0.3, 0.4) is 0 Å². The molecule has 0 spiro atoms. The zero-order valence-corrected chi connectivity index (χ0v) is 11.5. The fourth-order valence-corrected chi connectivity index (χ4v) is 2.12. The van der Waals surface area contributed by atoms with Crippen molar-refractivity contribution >= 4 is 17.7 Å². The van der Waals surface area contributed by atoms with Crippen LogP contribution in [-0.4, -0.2) is 24.7 Å². The molecule has 0 atom stereocenters. The third-order valence-electron chi connectivity index (χ3n) is 2.77. The van der Waals surface area contributed by atoms with Gasteiger partial charge >= 0.3 is 0 Å². The molecule has 0 bridgehead atoms. The topological polar surface area (TPSA) is 54.3 Å². The van der Waals surface area contributed by atoms with Gasteiger partial charge in [0.1, 0.15) is 11.5 Å². The number of nitrogens with one attached hydrogen (secondary N) is 2. The summed E-state index contributed by atoms with van der Waals surface area (Å²) in [5.41, 5.74) is 0. The van der Waals surface area contributed by atoms with Crippen molar-refractivity contribution in [2.75, 3.05) is 12.8 Å². The summed E-state index contributed by atoms with van der Waals surface area (Å²) < 4.78 is 5.62. The molecule has 1 fully saturated rings. The van der Waals surface area contributed by atoms with E-state index in [0.29, 0.717) is 25.6 Å². The Kier molecular flexibility index (Phi) is 5.13. The van der Waals surface area contributed by atoms with E-state index >= 15 is 0 Å². The Morgan fingerprint density at radius 3 is 2.94 bits per heavy atom. The first kappa shape index (κ1) is 13.5. The molecule has 18 heavy (non-hydrogen) atoms. The van der Waals surface area contributed by atoms with E-state index in [1.165, 1.54) is 0 Å². The van der Waals surface area contributed by atoms with Crippen LogP contribution in [0.25, 0.3) is 0 Å². The Morgan fingerprint density at radius 1 is 1.44 bits per heavy atom. The van der Waals surface area contributed by atoms with Crippen LogP contribution in [0.2, 0.25) is 0 Å². The highest BCUT2D eigenvalue weighted by molar-refractivity contribution is 7.97. The van der Waals surface area contributed by atoms with Crippen molar-refractivity contribution in [3.63, 3.8) is 0 Å². The fourth-order valence-electron chi connectivity index (χ4n) is 1.68. The molecule has 0 aliphatic heterocycles. The highest BCUT2D eigenvalue weighted by Crippen LogP contribution is 2.18. The Bertz CT molecular complexity index is 388. The highest BCUT2D eigenvalue weighted by Gasteiger charge is 2.22. The normalized spacial score (nSPS) is 14.7. The van der Waals surface area contributed by atoms with Crippen LogP contribution < -0.4 is 10.6 Å². The summed E-state index contributed by atoms with van der Waals surface area (Å²) in [6, 6.07) is 4.45. The first-order valence-corrected chi connectivity index (χ1v) is 7.74. The number of carbonyl (C=O) groups is 1. The standard InChI is InChI=1S/C13H20N2O2S/c1-18-9-12-5-4-11(17-12)8-14-7-6-13(16)15-10-2-3-10/h4-5,10,14H,2-3,6-9H2,1H3,(H,15,16). The van der Waals surface area contributed by atoms with Gasteiger partial charge in [-0.2, -0.15) is 11.8 Å². The molecule has 1 heterocycles. The minimum absolute atomic E-state index is 0.146. The summed E-state index contributed by atoms with van der Waals surface area (Å²) >= 11 is 1.74. The number of furan rings is 1. The van der Waals surface area contributed by atoms with Crippen LogP contribution in [0, 0.1) is 0 Å². The second-order valence-corrected chi connectivity index (χ2v) is 5.44. The molecule has 0 radical (unpaired) electrons. The zero-order chi connectivity index (χ0) is 12.8. The predicted octanol–water partition coefficient (Wildman–Crippen LogP) is 1.90. The summed E-state index contributed by atoms with van der Waals surface area (Å²) in [6.45, 7) is 1.38. The lowest BCUT2D eigenvalue weighted by molar-refractivity contribution is -0.121. The summed E-state index contributed by atoms with van der Waals surface area (Å²) in [5, 5.41) is 6.19. The number of thioether (sulfide) groups is 1. The number of hydrogen-bond donors (Lipinski definition) is 2. The zero-order valence-electron chi connectivity index (χ0n) is 10.7. The third-order valence-corrected chi connectivity index (χ3v) is 3.35. The van der Waals surface area contributed by atoms with E-state index in [1.54, 1.807) is 11.8 Å². The molecule has 0 unspecified atom stereocenters. The van der Waals surface area contributed by atoms with E-state index in [0.717, 1.165) is 30.1 Å². The Labute approximate surface area is 112 Å². The van der Waals surface area contributed by atoms with Gasteiger partial charge in [0.05, 0.1) is 12.3 Å². The van der Waals surface area contributed by atoms with Crippen LogP contribution in [0.4, 0.5) is 0 Å². The summed E-state index contributed by atoms with van der Waals surface area (Å²) in [6.07, 6.45) is 4.88. The highest BCUT2D eigenvalue weighted by atomic mass is 32.2. The first-order valence-electron chi connectivity index (χ1n) is 6.34. The van der Waals surface area contributed by atoms with Gasteiger partial charge in [-0.3, -0.25) is 4.79 Å². The van der Waals surface area contributed by atoms with Crippen molar-refractivity contribution in [1.82, 2.24) is 10.6 Å². The molecule has 1 saturated carbocycles. The molecule has 1 aromatic heterocycles. The second-order valence-electron chi connectivity index (χ2n) is 4.57. The molecule has 1 aliphatic carbocycles. The molecular formula is C13H20N2O2S. The lowest BCUT2D eigenvalue weighted by atomic mass is 10.3. The molecule has 0 aromatic carbocycles. The van der Waals surface area contributed by atoms with Gasteiger partial charge in [0.25, 0.3) is 0 Å². The van der Waals surface area contributed by atoms with Crippen LogP contribution in [0.5, 0.6) is 0 Å². The SMILES string of the molecule is CSCc1ccc(CNCCC(=O)NC2CC2)o1. The van der Waals surface area contributed by atoms with Crippen molar-refractivity contribution in [3.8, 4) is 0 Å². The van der Waals surface area contributed by atoms with Gasteiger partial charge < -0.3 is 15.1 Å². The maximum atomic E-state index is 11.4. The number of rotatable bonds is 8. The Balaban J connectivity index is 1.57. The molecule has 4 nitrogen and oxygen atoms in total. The van der Waals surface area contributed by atoms with Crippen LogP contribution in [-0.2, 0) is 17.1 Å². The van der Waals surface area contributed by atoms with Crippen molar-refractivity contribution in [1.29, 1.82) is 0 Å². The lowest BCUT2D eigenvalue weighted by Gasteiger charge is -2.04. The van der Waals surface area contributed by atoms with Crippen molar-refractivity contribution in [2.45, 2.75) is 37.6 Å². The first-order chi connectivity index (χ1) is 8.78. The largest absolute Gasteiger partial charge is 0.464 e. The van der Waals surface area contributed by atoms with Crippen LogP contribution >= 0.6 is 11.8 Å². The molecule has 2 rings (SSSR count). The minimum Gasteiger partial charge on any atom is -0.464 e. The monoisotopic (exact) mass is 268 g/mol. The van der Waals surface area contributed by atoms with Crippen molar-refractivity contribution < 1.29 is 9.21 Å². The van der Waals surface area contributed by atoms with E-state index < -0.39 is 0 Å². The number of amides is 1. The molecule has 1 aromatic rings.